The third-order valence-electron chi connectivity index (χ3n) is 2.55. The van der Waals surface area contributed by atoms with Crippen LogP contribution in [0.15, 0.2) is 18.2 Å². The minimum Gasteiger partial charge on any atom is -0.463 e. The summed E-state index contributed by atoms with van der Waals surface area (Å²) in [5.41, 5.74) is 1.46. The van der Waals surface area contributed by atoms with Gasteiger partial charge in [0.15, 0.2) is 0 Å². The molecule has 98 valence electrons. The Labute approximate surface area is 105 Å². The molecule has 0 saturated carbocycles. The summed E-state index contributed by atoms with van der Waals surface area (Å²) in [6.07, 6.45) is 0.960. The highest BCUT2D eigenvalue weighted by atomic mass is 16.6. The number of carbonyl (C=O) groups is 1. The van der Waals surface area contributed by atoms with E-state index in [4.69, 9.17) is 4.74 Å². The zero-order valence-electron chi connectivity index (χ0n) is 10.5. The van der Waals surface area contributed by atoms with Gasteiger partial charge in [0.25, 0.3) is 12.2 Å². The lowest BCUT2D eigenvalue weighted by Gasteiger charge is -2.21. The Morgan fingerprint density at radius 1 is 1.50 bits per heavy atom. The predicted octanol–water partition coefficient (Wildman–Crippen LogP) is 2.11. The number of hydrogen-bond acceptors (Lipinski definition) is 5. The molecule has 0 radical (unpaired) electrons. The van der Waals surface area contributed by atoms with Crippen molar-refractivity contribution in [1.82, 2.24) is 0 Å². The lowest BCUT2D eigenvalue weighted by Crippen LogP contribution is -2.19. The van der Waals surface area contributed by atoms with Crippen LogP contribution < -0.4 is 4.90 Å². The molecule has 0 atom stereocenters. The molecule has 0 spiro atoms. The molecule has 0 N–H and O–H groups in total. The van der Waals surface area contributed by atoms with Gasteiger partial charge in [-0.05, 0) is 12.5 Å². The average molecular weight is 252 g/mol. The van der Waals surface area contributed by atoms with Crippen molar-refractivity contribution in [2.45, 2.75) is 20.0 Å². The van der Waals surface area contributed by atoms with Crippen LogP contribution in [0.3, 0.4) is 0 Å². The number of non-ortho nitro benzene ring substituents is 1. The summed E-state index contributed by atoms with van der Waals surface area (Å²) in [4.78, 5) is 22.5. The van der Waals surface area contributed by atoms with Gasteiger partial charge in [-0.25, -0.2) is 0 Å². The highest BCUT2D eigenvalue weighted by Gasteiger charge is 2.13. The zero-order valence-corrected chi connectivity index (χ0v) is 10.5. The first-order valence-electron chi connectivity index (χ1n) is 5.63. The van der Waals surface area contributed by atoms with Crippen molar-refractivity contribution in [2.24, 2.45) is 0 Å². The Balaban J connectivity index is 3.07. The standard InChI is InChI=1S/C12H16N2O4/c1-3-6-13(2)12-5-4-11(14(16)17)7-10(12)8-18-9-15/h4-5,7,9H,3,6,8H2,1-2H3. The largest absolute Gasteiger partial charge is 0.463 e. The number of anilines is 1. The third kappa shape index (κ3) is 3.44. The first kappa shape index (κ1) is 14.0. The van der Waals surface area contributed by atoms with Gasteiger partial charge < -0.3 is 9.64 Å². The Morgan fingerprint density at radius 2 is 2.22 bits per heavy atom. The maximum absolute atomic E-state index is 10.7. The molecule has 1 aromatic rings. The van der Waals surface area contributed by atoms with Gasteiger partial charge in [-0.15, -0.1) is 0 Å². The van der Waals surface area contributed by atoms with Gasteiger partial charge in [0.2, 0.25) is 0 Å². The summed E-state index contributed by atoms with van der Waals surface area (Å²) in [6.45, 7) is 3.24. The number of nitro benzene ring substituents is 1. The highest BCUT2D eigenvalue weighted by molar-refractivity contribution is 5.57. The molecule has 0 aliphatic rings. The van der Waals surface area contributed by atoms with Crippen LogP contribution in [0.25, 0.3) is 0 Å². The van der Waals surface area contributed by atoms with Crippen LogP contribution in [0.5, 0.6) is 0 Å². The summed E-state index contributed by atoms with van der Waals surface area (Å²) < 4.78 is 4.69. The number of carbonyl (C=O) groups excluding carboxylic acids is 1. The molecule has 0 aliphatic carbocycles. The van der Waals surface area contributed by atoms with Gasteiger partial charge in [-0.1, -0.05) is 6.92 Å². The van der Waals surface area contributed by atoms with Crippen molar-refractivity contribution in [1.29, 1.82) is 0 Å². The molecule has 1 aromatic carbocycles. The van der Waals surface area contributed by atoms with E-state index in [2.05, 4.69) is 0 Å². The molecule has 0 fully saturated rings. The monoisotopic (exact) mass is 252 g/mol. The molecule has 0 aromatic heterocycles. The smallest absolute Gasteiger partial charge is 0.293 e. The molecule has 0 saturated heterocycles. The summed E-state index contributed by atoms with van der Waals surface area (Å²) in [7, 11) is 1.90. The maximum atomic E-state index is 10.7. The fourth-order valence-corrected chi connectivity index (χ4v) is 1.75. The summed E-state index contributed by atoms with van der Waals surface area (Å²) in [6, 6.07) is 4.56. The molecule has 0 amide bonds. The fourth-order valence-electron chi connectivity index (χ4n) is 1.75. The Bertz CT molecular complexity index is 434. The number of hydrogen-bond donors (Lipinski definition) is 0. The van der Waals surface area contributed by atoms with E-state index < -0.39 is 4.92 Å². The first-order chi connectivity index (χ1) is 8.60. The maximum Gasteiger partial charge on any atom is 0.293 e. The lowest BCUT2D eigenvalue weighted by molar-refractivity contribution is -0.384. The van der Waals surface area contributed by atoms with E-state index in [1.54, 1.807) is 6.07 Å². The second kappa shape index (κ2) is 6.58. The van der Waals surface area contributed by atoms with E-state index in [0.717, 1.165) is 18.7 Å². The second-order valence-corrected chi connectivity index (χ2v) is 3.90. The molecule has 18 heavy (non-hydrogen) atoms. The zero-order chi connectivity index (χ0) is 13.5. The molecule has 6 nitrogen and oxygen atoms in total. The Hall–Kier alpha value is -2.11. The number of benzene rings is 1. The average Bonchev–Trinajstić information content (AvgIpc) is 2.36. The number of rotatable bonds is 7. The Kier molecular flexibility index (Phi) is 5.10. The van der Waals surface area contributed by atoms with E-state index in [-0.39, 0.29) is 12.3 Å². The summed E-state index contributed by atoms with van der Waals surface area (Å²) in [5.74, 6) is 0. The quantitative estimate of drug-likeness (QED) is 0.422. The molecule has 1 rings (SSSR count). The second-order valence-electron chi connectivity index (χ2n) is 3.90. The van der Waals surface area contributed by atoms with E-state index in [0.29, 0.717) is 12.0 Å². The van der Waals surface area contributed by atoms with Crippen molar-refractivity contribution in [3.05, 3.63) is 33.9 Å². The van der Waals surface area contributed by atoms with Crippen LogP contribution in [0.1, 0.15) is 18.9 Å². The number of nitrogens with zero attached hydrogens (tertiary/aromatic N) is 2. The van der Waals surface area contributed by atoms with Gasteiger partial charge in [0.05, 0.1) is 4.92 Å². The molecule has 0 bridgehead atoms. The number of ether oxygens (including phenoxy) is 1. The van der Waals surface area contributed by atoms with Crippen molar-refractivity contribution < 1.29 is 14.5 Å². The van der Waals surface area contributed by atoms with E-state index in [1.165, 1.54) is 12.1 Å². The van der Waals surface area contributed by atoms with Crippen LogP contribution in [0.4, 0.5) is 11.4 Å². The topological polar surface area (TPSA) is 72.7 Å². The van der Waals surface area contributed by atoms with Crippen LogP contribution >= 0.6 is 0 Å². The van der Waals surface area contributed by atoms with Crippen molar-refractivity contribution >= 4 is 17.8 Å². The van der Waals surface area contributed by atoms with E-state index in [9.17, 15) is 14.9 Å². The molecule has 0 aliphatic heterocycles. The van der Waals surface area contributed by atoms with Crippen LogP contribution in [-0.2, 0) is 16.1 Å². The normalized spacial score (nSPS) is 9.89. The lowest BCUT2D eigenvalue weighted by atomic mass is 10.1. The van der Waals surface area contributed by atoms with Gasteiger partial charge in [-0.3, -0.25) is 14.9 Å². The van der Waals surface area contributed by atoms with Gasteiger partial charge in [0, 0.05) is 37.0 Å². The molecular weight excluding hydrogens is 236 g/mol. The van der Waals surface area contributed by atoms with E-state index in [1.807, 2.05) is 18.9 Å². The Morgan fingerprint density at radius 3 is 2.78 bits per heavy atom. The summed E-state index contributed by atoms with van der Waals surface area (Å²) in [5, 5.41) is 10.7. The van der Waals surface area contributed by atoms with Crippen molar-refractivity contribution in [3.63, 3.8) is 0 Å². The van der Waals surface area contributed by atoms with Crippen LogP contribution in [0, 0.1) is 10.1 Å². The third-order valence-corrected chi connectivity index (χ3v) is 2.55. The van der Waals surface area contributed by atoms with Crippen molar-refractivity contribution in [3.8, 4) is 0 Å². The SMILES string of the molecule is CCCN(C)c1ccc([N+](=O)[O-])cc1COC=O. The predicted molar refractivity (Wildman–Crippen MR) is 67.5 cm³/mol. The minimum atomic E-state index is -0.464. The number of nitro groups is 1. The van der Waals surface area contributed by atoms with Crippen LogP contribution in [-0.4, -0.2) is 25.0 Å². The highest BCUT2D eigenvalue weighted by Crippen LogP contribution is 2.25. The van der Waals surface area contributed by atoms with E-state index >= 15 is 0 Å². The molecule has 0 unspecified atom stereocenters. The summed E-state index contributed by atoms with van der Waals surface area (Å²) >= 11 is 0. The van der Waals surface area contributed by atoms with Gasteiger partial charge in [-0.2, -0.15) is 0 Å². The van der Waals surface area contributed by atoms with Gasteiger partial charge >= 0.3 is 0 Å². The molecule has 6 heteroatoms. The molecule has 0 heterocycles. The molecular formula is C12H16N2O4. The fraction of sp³-hybridized carbons (Fsp3) is 0.417. The van der Waals surface area contributed by atoms with Crippen LogP contribution in [0.2, 0.25) is 0 Å². The first-order valence-corrected chi connectivity index (χ1v) is 5.63. The van der Waals surface area contributed by atoms with Gasteiger partial charge in [0.1, 0.15) is 6.61 Å². The van der Waals surface area contributed by atoms with Crippen molar-refractivity contribution in [2.75, 3.05) is 18.5 Å². The minimum absolute atomic E-state index is 0.00634.